The smallest absolute Gasteiger partial charge is 0.208 e. The van der Waals surface area contributed by atoms with Gasteiger partial charge in [-0.05, 0) is 12.1 Å². The minimum atomic E-state index is 1.20. The molecule has 0 N–H and O–H groups in total. The Kier molecular flexibility index (Phi) is 4.70. The molecule has 0 amide bonds. The highest BCUT2D eigenvalue weighted by Gasteiger charge is 2.25. The Balaban J connectivity index is 1.99. The first-order valence-corrected chi connectivity index (χ1v) is 9.43. The van der Waals surface area contributed by atoms with Gasteiger partial charge in [-0.25, -0.2) is 18.3 Å². The minimum Gasteiger partial charge on any atom is -0.208 e. The van der Waals surface area contributed by atoms with Crippen molar-refractivity contribution in [3.8, 4) is 33.6 Å². The lowest BCUT2D eigenvalue weighted by Gasteiger charge is -2.10. The van der Waals surface area contributed by atoms with Crippen molar-refractivity contribution in [3.05, 3.63) is 85.7 Å². The molecule has 0 atom stereocenters. The van der Waals surface area contributed by atoms with E-state index in [9.17, 15) is 0 Å². The molecule has 4 nitrogen and oxygen atoms in total. The standard InChI is InChI=1S/C24H26N4/c1-25-15-9-19(10-16-25)23-21(7-5-13-27(23)3)22-8-6-14-28(4)24(22)20-11-17-26(2)18-12-20/h5-18H,1-4H3/q+4. The Morgan fingerprint density at radius 3 is 1.18 bits per heavy atom. The minimum absolute atomic E-state index is 1.20. The number of rotatable bonds is 3. The van der Waals surface area contributed by atoms with Gasteiger partial charge in [0.15, 0.2) is 37.2 Å². The Hall–Kier alpha value is -3.40. The van der Waals surface area contributed by atoms with Crippen LogP contribution in [0.1, 0.15) is 0 Å². The molecule has 28 heavy (non-hydrogen) atoms. The maximum atomic E-state index is 2.21. The fourth-order valence-corrected chi connectivity index (χ4v) is 3.69. The van der Waals surface area contributed by atoms with Crippen LogP contribution in [-0.2, 0) is 28.2 Å². The van der Waals surface area contributed by atoms with Crippen LogP contribution in [0.15, 0.2) is 85.7 Å². The van der Waals surface area contributed by atoms with Crippen molar-refractivity contribution in [1.29, 1.82) is 0 Å². The molecule has 4 heteroatoms. The predicted octanol–water partition coefficient (Wildman–Crippen LogP) is 1.99. The first-order chi connectivity index (χ1) is 13.5. The zero-order valence-corrected chi connectivity index (χ0v) is 16.9. The van der Waals surface area contributed by atoms with Crippen LogP contribution in [0.5, 0.6) is 0 Å². The van der Waals surface area contributed by atoms with E-state index < -0.39 is 0 Å². The number of nitrogens with zero attached hydrogens (tertiary/aromatic N) is 4. The maximum Gasteiger partial charge on any atom is 0.220 e. The molecule has 4 rings (SSSR count). The van der Waals surface area contributed by atoms with Crippen molar-refractivity contribution in [3.63, 3.8) is 0 Å². The summed E-state index contributed by atoms with van der Waals surface area (Å²) in [5.41, 5.74) is 7.26. The lowest BCUT2D eigenvalue weighted by Crippen LogP contribution is -2.34. The van der Waals surface area contributed by atoms with Crippen LogP contribution in [0.4, 0.5) is 0 Å². The largest absolute Gasteiger partial charge is 0.220 e. The van der Waals surface area contributed by atoms with Crippen LogP contribution in [0, 0.1) is 0 Å². The van der Waals surface area contributed by atoms with E-state index in [1.807, 2.05) is 14.1 Å². The molecule has 0 aliphatic carbocycles. The summed E-state index contributed by atoms with van der Waals surface area (Å²) in [4.78, 5) is 0. The third-order valence-corrected chi connectivity index (χ3v) is 5.15. The van der Waals surface area contributed by atoms with Crippen molar-refractivity contribution >= 4 is 0 Å². The second kappa shape index (κ2) is 7.31. The quantitative estimate of drug-likeness (QED) is 0.490. The van der Waals surface area contributed by atoms with Crippen molar-refractivity contribution in [1.82, 2.24) is 0 Å². The van der Waals surface area contributed by atoms with Crippen LogP contribution in [-0.4, -0.2) is 0 Å². The van der Waals surface area contributed by atoms with Gasteiger partial charge in [0.25, 0.3) is 0 Å². The van der Waals surface area contributed by atoms with Gasteiger partial charge in [0.05, 0.1) is 22.3 Å². The Morgan fingerprint density at radius 2 is 0.821 bits per heavy atom. The summed E-state index contributed by atoms with van der Waals surface area (Å²) in [7, 11) is 8.30. The van der Waals surface area contributed by atoms with Crippen molar-refractivity contribution in [2.75, 3.05) is 0 Å². The summed E-state index contributed by atoms with van der Waals surface area (Å²) in [6, 6.07) is 17.3. The van der Waals surface area contributed by atoms with Gasteiger partial charge in [-0.15, -0.1) is 0 Å². The van der Waals surface area contributed by atoms with E-state index >= 15 is 0 Å². The fraction of sp³-hybridized carbons (Fsp3) is 0.167. The number of hydrogen-bond acceptors (Lipinski definition) is 0. The van der Waals surface area contributed by atoms with Crippen molar-refractivity contribution in [2.45, 2.75) is 0 Å². The first-order valence-electron chi connectivity index (χ1n) is 9.43. The highest BCUT2D eigenvalue weighted by molar-refractivity contribution is 5.85. The lowest BCUT2D eigenvalue weighted by atomic mass is 9.95. The number of aryl methyl sites for hydroxylation is 4. The maximum absolute atomic E-state index is 2.21. The molecule has 0 aromatic carbocycles. The first kappa shape index (κ1) is 18.0. The molecular weight excluding hydrogens is 344 g/mol. The average Bonchev–Trinajstić information content (AvgIpc) is 2.69. The zero-order chi connectivity index (χ0) is 19.7. The van der Waals surface area contributed by atoms with Gasteiger partial charge in [0.1, 0.15) is 28.2 Å². The van der Waals surface area contributed by atoms with Crippen LogP contribution in [0.2, 0.25) is 0 Å². The van der Waals surface area contributed by atoms with Crippen LogP contribution in [0.3, 0.4) is 0 Å². The molecule has 0 fully saturated rings. The molecule has 0 aliphatic rings. The van der Waals surface area contributed by atoms with Gasteiger partial charge < -0.3 is 0 Å². The molecule has 4 heterocycles. The summed E-state index contributed by atoms with van der Waals surface area (Å²) >= 11 is 0. The molecule has 4 aromatic heterocycles. The van der Waals surface area contributed by atoms with Gasteiger partial charge in [-0.1, -0.05) is 0 Å². The SMILES string of the molecule is C[n+]1ccc(-c2c(-c3ccc[n+](C)c3-c3cc[n+](C)cc3)ccc[n+]2C)cc1. The molecule has 0 unspecified atom stereocenters. The molecule has 0 saturated carbocycles. The zero-order valence-electron chi connectivity index (χ0n) is 16.9. The van der Waals surface area contributed by atoms with E-state index in [-0.39, 0.29) is 0 Å². The molecule has 138 valence electrons. The highest BCUT2D eigenvalue weighted by Crippen LogP contribution is 2.33. The van der Waals surface area contributed by atoms with E-state index in [0.29, 0.717) is 0 Å². The van der Waals surface area contributed by atoms with Crippen LogP contribution >= 0.6 is 0 Å². The topological polar surface area (TPSA) is 15.5 Å². The van der Waals surface area contributed by atoms with E-state index in [0.717, 1.165) is 0 Å². The van der Waals surface area contributed by atoms with Gasteiger partial charge >= 0.3 is 0 Å². The lowest BCUT2D eigenvalue weighted by molar-refractivity contribution is -0.672. The average molecular weight is 371 g/mol. The normalized spacial score (nSPS) is 10.9. The molecule has 0 radical (unpaired) electrons. The fourth-order valence-electron chi connectivity index (χ4n) is 3.69. The Labute approximate surface area is 166 Å². The third kappa shape index (κ3) is 3.29. The van der Waals surface area contributed by atoms with Gasteiger partial charge in [0.2, 0.25) is 11.4 Å². The number of pyridine rings is 4. The molecule has 4 aromatic rings. The molecule has 0 aliphatic heterocycles. The Morgan fingerprint density at radius 1 is 0.464 bits per heavy atom. The summed E-state index contributed by atoms with van der Waals surface area (Å²) in [6.07, 6.45) is 12.6. The molecule has 0 spiro atoms. The Bertz CT molecular complexity index is 1040. The van der Waals surface area contributed by atoms with Gasteiger partial charge in [-0.3, -0.25) is 0 Å². The second-order valence-electron chi connectivity index (χ2n) is 7.27. The van der Waals surface area contributed by atoms with E-state index in [2.05, 4.69) is 118 Å². The van der Waals surface area contributed by atoms with Crippen LogP contribution < -0.4 is 18.3 Å². The predicted molar refractivity (Wildman–Crippen MR) is 107 cm³/mol. The summed E-state index contributed by atoms with van der Waals surface area (Å²) in [5.74, 6) is 0. The van der Waals surface area contributed by atoms with E-state index in [1.54, 1.807) is 0 Å². The van der Waals surface area contributed by atoms with Crippen LogP contribution in [0.25, 0.3) is 33.6 Å². The number of hydrogen-bond donors (Lipinski definition) is 0. The summed E-state index contributed by atoms with van der Waals surface area (Å²) in [6.45, 7) is 0. The van der Waals surface area contributed by atoms with Crippen molar-refractivity contribution < 1.29 is 18.3 Å². The third-order valence-electron chi connectivity index (χ3n) is 5.15. The summed E-state index contributed by atoms with van der Waals surface area (Å²) in [5, 5.41) is 0. The van der Waals surface area contributed by atoms with E-state index in [4.69, 9.17) is 0 Å². The van der Waals surface area contributed by atoms with Gasteiger partial charge in [-0.2, -0.15) is 0 Å². The monoisotopic (exact) mass is 370 g/mol. The van der Waals surface area contributed by atoms with E-state index in [1.165, 1.54) is 33.6 Å². The highest BCUT2D eigenvalue weighted by atomic mass is 14.9. The molecular formula is C24H26N4+4. The second-order valence-corrected chi connectivity index (χ2v) is 7.27. The number of aromatic nitrogens is 4. The summed E-state index contributed by atoms with van der Waals surface area (Å²) < 4.78 is 8.52. The molecule has 0 bridgehead atoms. The van der Waals surface area contributed by atoms with Gasteiger partial charge in [0, 0.05) is 36.4 Å². The molecule has 0 saturated heterocycles. The van der Waals surface area contributed by atoms with Crippen molar-refractivity contribution in [2.24, 2.45) is 28.2 Å².